The smallest absolute Gasteiger partial charge is 0.310 e. The lowest BCUT2D eigenvalue weighted by molar-refractivity contribution is -0.152. The Morgan fingerprint density at radius 3 is 2.81 bits per heavy atom. The summed E-state index contributed by atoms with van der Waals surface area (Å²) >= 11 is 0. The Morgan fingerprint density at radius 2 is 2.00 bits per heavy atom. The lowest BCUT2D eigenvalue weighted by Gasteiger charge is -2.56. The Bertz CT molecular complexity index is 511. The van der Waals surface area contributed by atoms with Crippen molar-refractivity contribution in [3.63, 3.8) is 0 Å². The highest BCUT2D eigenvalue weighted by Crippen LogP contribution is 2.64. The monoisotopic (exact) mass is 290 g/mol. The van der Waals surface area contributed by atoms with E-state index in [2.05, 4.69) is 19.9 Å². The maximum absolute atomic E-state index is 11.6. The number of hydrogen-bond donors (Lipinski definition) is 1. The molecule has 21 heavy (non-hydrogen) atoms. The van der Waals surface area contributed by atoms with Gasteiger partial charge in [0.25, 0.3) is 0 Å². The molecular weight excluding hydrogens is 264 g/mol. The van der Waals surface area contributed by atoms with Crippen molar-refractivity contribution in [2.24, 2.45) is 28.6 Å². The van der Waals surface area contributed by atoms with Crippen LogP contribution in [0.5, 0.6) is 0 Å². The Kier molecular flexibility index (Phi) is 2.86. The number of esters is 1. The summed E-state index contributed by atoms with van der Waals surface area (Å²) in [4.78, 5) is 11.6. The fourth-order valence-corrected chi connectivity index (χ4v) is 6.04. The molecule has 2 saturated carbocycles. The van der Waals surface area contributed by atoms with Gasteiger partial charge >= 0.3 is 5.97 Å². The van der Waals surface area contributed by atoms with Crippen molar-refractivity contribution >= 4 is 5.97 Å². The van der Waals surface area contributed by atoms with Crippen molar-refractivity contribution in [1.29, 1.82) is 0 Å². The molecule has 3 fully saturated rings. The highest BCUT2D eigenvalue weighted by molar-refractivity contribution is 5.72. The van der Waals surface area contributed by atoms with Gasteiger partial charge in [-0.05, 0) is 67.8 Å². The molecule has 1 saturated heterocycles. The molecule has 0 spiro atoms. The first-order valence-corrected chi connectivity index (χ1v) is 8.54. The molecule has 0 aromatic carbocycles. The van der Waals surface area contributed by atoms with E-state index < -0.39 is 0 Å². The van der Waals surface area contributed by atoms with Crippen LogP contribution in [0.1, 0.15) is 58.8 Å². The van der Waals surface area contributed by atoms with Crippen molar-refractivity contribution in [3.8, 4) is 0 Å². The number of fused-ring (bicyclic) bond motifs is 5. The molecule has 4 rings (SSSR count). The molecular formula is C18H26O3. The van der Waals surface area contributed by atoms with Crippen molar-refractivity contribution in [3.05, 3.63) is 11.8 Å². The molecule has 6 atom stereocenters. The number of carbonyl (C=O) groups excluding carboxylic acids is 1. The Labute approximate surface area is 126 Å². The molecule has 116 valence electrons. The van der Waals surface area contributed by atoms with Crippen molar-refractivity contribution < 1.29 is 14.6 Å². The summed E-state index contributed by atoms with van der Waals surface area (Å²) in [5.41, 5.74) is 0.167. The van der Waals surface area contributed by atoms with Gasteiger partial charge in [-0.1, -0.05) is 13.8 Å². The van der Waals surface area contributed by atoms with Gasteiger partial charge in [0.15, 0.2) is 0 Å². The Morgan fingerprint density at radius 1 is 1.19 bits per heavy atom. The molecule has 0 amide bonds. The molecule has 1 aliphatic heterocycles. The number of allylic oxidation sites excluding steroid dienone is 2. The highest BCUT2D eigenvalue weighted by Gasteiger charge is 2.59. The van der Waals surface area contributed by atoms with Gasteiger partial charge in [-0.15, -0.1) is 0 Å². The van der Waals surface area contributed by atoms with Gasteiger partial charge in [0, 0.05) is 11.8 Å². The van der Waals surface area contributed by atoms with E-state index >= 15 is 0 Å². The summed E-state index contributed by atoms with van der Waals surface area (Å²) in [6, 6.07) is 0. The zero-order chi connectivity index (χ0) is 14.8. The van der Waals surface area contributed by atoms with Crippen molar-refractivity contribution in [1.82, 2.24) is 0 Å². The molecule has 0 aromatic heterocycles. The average Bonchev–Trinajstić information content (AvgIpc) is 2.76. The standard InChI is InChI=1S/C18H26O3/c1-17-9-7-13-11(12(17)4-5-14(17)19)3-6-15-18(13,2)10-8-16(20)21-15/h6,11-14,19H,3-5,7-10H2,1-2H3/t11-,12-,13+,14?,17-,18+/m0/s1. The second-order valence-corrected chi connectivity index (χ2v) is 8.21. The number of aliphatic hydroxyl groups is 1. The molecule has 0 aromatic rings. The maximum atomic E-state index is 11.6. The van der Waals surface area contributed by atoms with Crippen LogP contribution in [-0.4, -0.2) is 17.2 Å². The van der Waals surface area contributed by atoms with Gasteiger partial charge in [0.05, 0.1) is 6.10 Å². The Hall–Kier alpha value is -0.830. The normalized spacial score (nSPS) is 52.3. The lowest BCUT2D eigenvalue weighted by Crippen LogP contribution is -2.51. The minimum atomic E-state index is -0.120. The summed E-state index contributed by atoms with van der Waals surface area (Å²) < 4.78 is 5.57. The van der Waals surface area contributed by atoms with Crippen LogP contribution >= 0.6 is 0 Å². The van der Waals surface area contributed by atoms with E-state index in [0.29, 0.717) is 24.2 Å². The fraction of sp³-hybridized carbons (Fsp3) is 0.833. The van der Waals surface area contributed by atoms with Gasteiger partial charge in [-0.3, -0.25) is 4.79 Å². The average molecular weight is 290 g/mol. The van der Waals surface area contributed by atoms with E-state index in [0.717, 1.165) is 37.9 Å². The fourth-order valence-electron chi connectivity index (χ4n) is 6.04. The molecule has 1 N–H and O–H groups in total. The van der Waals surface area contributed by atoms with Crippen molar-refractivity contribution in [2.75, 3.05) is 0 Å². The molecule has 3 aliphatic carbocycles. The number of carbonyl (C=O) groups is 1. The maximum Gasteiger partial charge on any atom is 0.310 e. The number of aliphatic hydroxyl groups excluding tert-OH is 1. The first kappa shape index (κ1) is 13.8. The highest BCUT2D eigenvalue weighted by atomic mass is 16.5. The molecule has 1 heterocycles. The zero-order valence-electron chi connectivity index (χ0n) is 13.1. The Balaban J connectivity index is 1.69. The van der Waals surface area contributed by atoms with Crippen LogP contribution in [0.4, 0.5) is 0 Å². The summed E-state index contributed by atoms with van der Waals surface area (Å²) in [6.07, 6.45) is 9.00. The van der Waals surface area contributed by atoms with E-state index in [4.69, 9.17) is 4.74 Å². The van der Waals surface area contributed by atoms with Crippen LogP contribution in [0.2, 0.25) is 0 Å². The summed E-state index contributed by atoms with van der Waals surface area (Å²) in [7, 11) is 0. The first-order valence-electron chi connectivity index (χ1n) is 8.54. The largest absolute Gasteiger partial charge is 0.431 e. The number of rotatable bonds is 0. The second-order valence-electron chi connectivity index (χ2n) is 8.21. The molecule has 1 unspecified atom stereocenters. The van der Waals surface area contributed by atoms with E-state index in [1.54, 1.807) is 0 Å². The molecule has 4 aliphatic rings. The zero-order valence-corrected chi connectivity index (χ0v) is 13.1. The predicted octanol–water partition coefficient (Wildman–Crippen LogP) is 3.42. The van der Waals surface area contributed by atoms with Gasteiger partial charge in [0.2, 0.25) is 0 Å². The predicted molar refractivity (Wildman–Crippen MR) is 79.2 cm³/mol. The van der Waals surface area contributed by atoms with Crippen LogP contribution in [-0.2, 0) is 9.53 Å². The summed E-state index contributed by atoms with van der Waals surface area (Å²) in [6.45, 7) is 4.60. The topological polar surface area (TPSA) is 46.5 Å². The lowest BCUT2D eigenvalue weighted by atomic mass is 9.50. The molecule has 3 heteroatoms. The van der Waals surface area contributed by atoms with E-state index in [1.807, 2.05) is 0 Å². The van der Waals surface area contributed by atoms with E-state index in [9.17, 15) is 9.90 Å². The molecule has 0 bridgehead atoms. The summed E-state index contributed by atoms with van der Waals surface area (Å²) in [5, 5.41) is 10.4. The van der Waals surface area contributed by atoms with Crippen molar-refractivity contribution in [2.45, 2.75) is 64.9 Å². The third-order valence-electron chi connectivity index (χ3n) is 7.42. The van der Waals surface area contributed by atoms with Crippen LogP contribution < -0.4 is 0 Å². The van der Waals surface area contributed by atoms with Crippen LogP contribution in [0.25, 0.3) is 0 Å². The SMILES string of the molecule is C[C@]12CCC(=O)OC1=CC[C@@H]1[C@H]2CC[C@]2(C)C(O)CC[C@@H]12. The molecule has 3 nitrogen and oxygen atoms in total. The number of hydrogen-bond acceptors (Lipinski definition) is 3. The minimum absolute atomic E-state index is 0.0473. The van der Waals surface area contributed by atoms with Gasteiger partial charge in [-0.25, -0.2) is 0 Å². The van der Waals surface area contributed by atoms with Gasteiger partial charge < -0.3 is 9.84 Å². The van der Waals surface area contributed by atoms with Crippen LogP contribution in [0, 0.1) is 28.6 Å². The van der Waals surface area contributed by atoms with E-state index in [1.165, 1.54) is 6.42 Å². The van der Waals surface area contributed by atoms with E-state index in [-0.39, 0.29) is 22.9 Å². The van der Waals surface area contributed by atoms with Crippen LogP contribution in [0.15, 0.2) is 11.8 Å². The third kappa shape index (κ3) is 1.73. The third-order valence-corrected chi connectivity index (χ3v) is 7.42. The van der Waals surface area contributed by atoms with Gasteiger partial charge in [-0.2, -0.15) is 0 Å². The first-order chi connectivity index (χ1) is 9.95. The quantitative estimate of drug-likeness (QED) is 0.695. The van der Waals surface area contributed by atoms with Gasteiger partial charge in [0.1, 0.15) is 5.76 Å². The number of ether oxygens (including phenoxy) is 1. The molecule has 0 radical (unpaired) electrons. The van der Waals surface area contributed by atoms with Crippen LogP contribution in [0.3, 0.4) is 0 Å². The second kappa shape index (κ2) is 4.34. The summed E-state index contributed by atoms with van der Waals surface area (Å²) in [5.74, 6) is 2.80. The minimum Gasteiger partial charge on any atom is -0.431 e.